The number of benzene rings is 1. The van der Waals surface area contributed by atoms with E-state index >= 15 is 0 Å². The molecule has 1 atom stereocenters. The molecule has 0 aromatic heterocycles. The van der Waals surface area contributed by atoms with Crippen molar-refractivity contribution >= 4 is 11.5 Å². The second kappa shape index (κ2) is 5.76. The van der Waals surface area contributed by atoms with Crippen LogP contribution in [0.4, 0.5) is 5.69 Å². The van der Waals surface area contributed by atoms with Gasteiger partial charge in [0, 0.05) is 24.5 Å². The number of carbonyl (C=O) groups is 1. The molecule has 1 fully saturated rings. The summed E-state index contributed by atoms with van der Waals surface area (Å²) in [5, 5.41) is 10.6. The van der Waals surface area contributed by atoms with Crippen LogP contribution in [0, 0.1) is 10.1 Å². The van der Waals surface area contributed by atoms with Crippen LogP contribution in [0.2, 0.25) is 0 Å². The summed E-state index contributed by atoms with van der Waals surface area (Å²) in [5.41, 5.74) is 1.00. The van der Waals surface area contributed by atoms with Crippen molar-refractivity contribution in [2.45, 2.75) is 44.4 Å². The number of hydrogen-bond donors (Lipinski definition) is 0. The highest BCUT2D eigenvalue weighted by atomic mass is 16.6. The van der Waals surface area contributed by atoms with E-state index in [2.05, 4.69) is 0 Å². The van der Waals surface area contributed by atoms with Gasteiger partial charge in [-0.05, 0) is 18.4 Å². The SMILES string of the molecule is O=C1CCCCCCC1c1ccc([N+](=O)[O-])cc1. The van der Waals surface area contributed by atoms with Crippen molar-refractivity contribution in [1.82, 2.24) is 0 Å². The van der Waals surface area contributed by atoms with Crippen molar-refractivity contribution in [2.24, 2.45) is 0 Å². The molecule has 0 saturated heterocycles. The van der Waals surface area contributed by atoms with Gasteiger partial charge in [0.05, 0.1) is 4.92 Å². The zero-order valence-electron chi connectivity index (χ0n) is 10.3. The van der Waals surface area contributed by atoms with Crippen LogP contribution in [0.25, 0.3) is 0 Å². The molecule has 4 nitrogen and oxygen atoms in total. The van der Waals surface area contributed by atoms with Crippen molar-refractivity contribution in [3.05, 3.63) is 39.9 Å². The van der Waals surface area contributed by atoms with E-state index in [1.165, 1.54) is 18.6 Å². The number of nitrogens with zero attached hydrogens (tertiary/aromatic N) is 1. The van der Waals surface area contributed by atoms with Crippen molar-refractivity contribution in [3.63, 3.8) is 0 Å². The number of hydrogen-bond acceptors (Lipinski definition) is 3. The third-order valence-corrected chi connectivity index (χ3v) is 3.56. The fourth-order valence-corrected chi connectivity index (χ4v) is 2.52. The van der Waals surface area contributed by atoms with Gasteiger partial charge in [-0.2, -0.15) is 0 Å². The Morgan fingerprint density at radius 1 is 1.06 bits per heavy atom. The summed E-state index contributed by atoms with van der Waals surface area (Å²) in [5.74, 6) is 0.217. The van der Waals surface area contributed by atoms with E-state index in [1.54, 1.807) is 12.1 Å². The van der Waals surface area contributed by atoms with Crippen LogP contribution in [0.1, 0.15) is 50.0 Å². The first kappa shape index (κ1) is 12.7. The minimum atomic E-state index is -0.413. The molecule has 0 spiro atoms. The topological polar surface area (TPSA) is 60.2 Å². The van der Waals surface area contributed by atoms with E-state index in [0.717, 1.165) is 31.2 Å². The average molecular weight is 247 g/mol. The Morgan fingerprint density at radius 3 is 2.39 bits per heavy atom. The molecule has 18 heavy (non-hydrogen) atoms. The zero-order chi connectivity index (χ0) is 13.0. The third-order valence-electron chi connectivity index (χ3n) is 3.56. The molecular formula is C14H17NO3. The van der Waals surface area contributed by atoms with Crippen LogP contribution in [-0.2, 0) is 4.79 Å². The zero-order valence-corrected chi connectivity index (χ0v) is 10.3. The normalized spacial score (nSPS) is 21.1. The van der Waals surface area contributed by atoms with E-state index in [1.807, 2.05) is 0 Å². The van der Waals surface area contributed by atoms with Gasteiger partial charge in [0.2, 0.25) is 0 Å². The van der Waals surface area contributed by atoms with Gasteiger partial charge in [-0.15, -0.1) is 0 Å². The molecule has 1 saturated carbocycles. The summed E-state index contributed by atoms with van der Waals surface area (Å²) in [4.78, 5) is 22.2. The van der Waals surface area contributed by atoms with Crippen molar-refractivity contribution < 1.29 is 9.72 Å². The number of nitro benzene ring substituents is 1. The molecule has 0 heterocycles. The summed E-state index contributed by atoms with van der Waals surface area (Å²) < 4.78 is 0. The Hall–Kier alpha value is -1.71. The van der Waals surface area contributed by atoms with Gasteiger partial charge >= 0.3 is 0 Å². The summed E-state index contributed by atoms with van der Waals surface area (Å²) in [6.45, 7) is 0. The first-order valence-corrected chi connectivity index (χ1v) is 6.45. The van der Waals surface area contributed by atoms with Gasteiger partial charge in [0.1, 0.15) is 5.78 Å². The molecule has 1 aliphatic rings. The average Bonchev–Trinajstić information content (AvgIpc) is 2.35. The molecular weight excluding hydrogens is 230 g/mol. The minimum Gasteiger partial charge on any atom is -0.299 e. The fraction of sp³-hybridized carbons (Fsp3) is 0.500. The quantitative estimate of drug-likeness (QED) is 0.592. The van der Waals surface area contributed by atoms with Crippen LogP contribution >= 0.6 is 0 Å². The minimum absolute atomic E-state index is 0.0638. The standard InChI is InChI=1S/C14H17NO3/c16-14-6-4-2-1-3-5-13(14)11-7-9-12(10-8-11)15(17)18/h7-10,13H,1-6H2. The molecule has 1 aromatic carbocycles. The summed E-state index contributed by atoms with van der Waals surface area (Å²) in [6, 6.07) is 6.42. The molecule has 1 unspecified atom stereocenters. The lowest BCUT2D eigenvalue weighted by atomic mass is 9.85. The number of rotatable bonds is 2. The lowest BCUT2D eigenvalue weighted by Gasteiger charge is -2.18. The van der Waals surface area contributed by atoms with Gasteiger partial charge in [0.15, 0.2) is 0 Å². The highest BCUT2D eigenvalue weighted by molar-refractivity contribution is 5.85. The van der Waals surface area contributed by atoms with Crippen LogP contribution < -0.4 is 0 Å². The van der Waals surface area contributed by atoms with Crippen molar-refractivity contribution in [3.8, 4) is 0 Å². The first-order chi connectivity index (χ1) is 8.68. The summed E-state index contributed by atoms with van der Waals surface area (Å²) in [6.07, 6.45) is 5.86. The van der Waals surface area contributed by atoms with E-state index < -0.39 is 4.92 Å². The van der Waals surface area contributed by atoms with E-state index in [0.29, 0.717) is 6.42 Å². The molecule has 96 valence electrons. The number of nitro groups is 1. The van der Waals surface area contributed by atoms with E-state index in [9.17, 15) is 14.9 Å². The van der Waals surface area contributed by atoms with Gasteiger partial charge in [-0.3, -0.25) is 14.9 Å². The fourth-order valence-electron chi connectivity index (χ4n) is 2.52. The van der Waals surface area contributed by atoms with Crippen LogP contribution in [0.5, 0.6) is 0 Å². The molecule has 0 radical (unpaired) electrons. The van der Waals surface area contributed by atoms with Crippen LogP contribution in [0.3, 0.4) is 0 Å². The number of ketones is 1. The van der Waals surface area contributed by atoms with Gasteiger partial charge in [-0.25, -0.2) is 0 Å². The Balaban J connectivity index is 2.17. The third kappa shape index (κ3) is 2.94. The van der Waals surface area contributed by atoms with Crippen LogP contribution in [-0.4, -0.2) is 10.7 Å². The van der Waals surface area contributed by atoms with E-state index in [-0.39, 0.29) is 17.4 Å². The summed E-state index contributed by atoms with van der Waals surface area (Å²) >= 11 is 0. The van der Waals surface area contributed by atoms with Crippen molar-refractivity contribution in [1.29, 1.82) is 0 Å². The Morgan fingerprint density at radius 2 is 1.72 bits per heavy atom. The molecule has 4 heteroatoms. The van der Waals surface area contributed by atoms with Crippen molar-refractivity contribution in [2.75, 3.05) is 0 Å². The highest BCUT2D eigenvalue weighted by Crippen LogP contribution is 2.29. The van der Waals surface area contributed by atoms with Crippen LogP contribution in [0.15, 0.2) is 24.3 Å². The Bertz CT molecular complexity index is 439. The lowest BCUT2D eigenvalue weighted by molar-refractivity contribution is -0.384. The second-order valence-electron chi connectivity index (χ2n) is 4.82. The Labute approximate surface area is 106 Å². The largest absolute Gasteiger partial charge is 0.299 e. The highest BCUT2D eigenvalue weighted by Gasteiger charge is 2.21. The lowest BCUT2D eigenvalue weighted by Crippen LogP contribution is -2.14. The maximum absolute atomic E-state index is 12.1. The first-order valence-electron chi connectivity index (χ1n) is 6.45. The maximum Gasteiger partial charge on any atom is 0.269 e. The second-order valence-corrected chi connectivity index (χ2v) is 4.82. The molecule has 0 amide bonds. The molecule has 2 rings (SSSR count). The Kier molecular flexibility index (Phi) is 4.07. The smallest absolute Gasteiger partial charge is 0.269 e. The summed E-state index contributed by atoms with van der Waals surface area (Å²) in [7, 11) is 0. The molecule has 0 bridgehead atoms. The molecule has 1 aliphatic carbocycles. The van der Waals surface area contributed by atoms with Gasteiger partial charge in [-0.1, -0.05) is 31.4 Å². The number of Topliss-reactive ketones (excluding diaryl/α,β-unsaturated/α-hetero) is 1. The van der Waals surface area contributed by atoms with Gasteiger partial charge in [0.25, 0.3) is 5.69 Å². The molecule has 0 aliphatic heterocycles. The molecule has 0 N–H and O–H groups in total. The number of non-ortho nitro benzene ring substituents is 1. The predicted molar refractivity (Wildman–Crippen MR) is 68.5 cm³/mol. The molecule has 1 aromatic rings. The predicted octanol–water partition coefficient (Wildman–Crippen LogP) is 3.60. The monoisotopic (exact) mass is 247 g/mol. The van der Waals surface area contributed by atoms with Gasteiger partial charge < -0.3 is 0 Å². The maximum atomic E-state index is 12.1. The van der Waals surface area contributed by atoms with E-state index in [4.69, 9.17) is 0 Å². The number of carbonyl (C=O) groups excluding carboxylic acids is 1.